The fraction of sp³-hybridized carbons (Fsp3) is 0.278. The van der Waals surface area contributed by atoms with Crippen LogP contribution in [0.3, 0.4) is 0 Å². The zero-order chi connectivity index (χ0) is 18.8. The highest BCUT2D eigenvalue weighted by atomic mass is 19.1. The highest BCUT2D eigenvalue weighted by Gasteiger charge is 2.20. The van der Waals surface area contributed by atoms with E-state index in [-0.39, 0.29) is 30.3 Å². The van der Waals surface area contributed by atoms with Crippen LogP contribution >= 0.6 is 0 Å². The van der Waals surface area contributed by atoms with E-state index in [0.717, 1.165) is 4.57 Å². The fourth-order valence-corrected chi connectivity index (χ4v) is 2.70. The molecule has 0 radical (unpaired) electrons. The molecule has 0 bridgehead atoms. The zero-order valence-corrected chi connectivity index (χ0v) is 14.8. The lowest BCUT2D eigenvalue weighted by Crippen LogP contribution is -2.37. The predicted octanol–water partition coefficient (Wildman–Crippen LogP) is 1.58. The van der Waals surface area contributed by atoms with Crippen molar-refractivity contribution in [1.29, 1.82) is 0 Å². The third-order valence-electron chi connectivity index (χ3n) is 4.14. The van der Waals surface area contributed by atoms with Crippen LogP contribution in [0.5, 0.6) is 6.01 Å². The van der Waals surface area contributed by atoms with Gasteiger partial charge in [-0.1, -0.05) is 30.4 Å². The van der Waals surface area contributed by atoms with E-state index in [1.807, 2.05) is 13.0 Å². The first-order valence-electron chi connectivity index (χ1n) is 8.09. The van der Waals surface area contributed by atoms with Crippen molar-refractivity contribution in [1.82, 2.24) is 18.7 Å². The lowest BCUT2D eigenvalue weighted by Gasteiger charge is -2.10. The van der Waals surface area contributed by atoms with Crippen LogP contribution in [0.4, 0.5) is 4.39 Å². The molecule has 2 heterocycles. The lowest BCUT2D eigenvalue weighted by atomic mass is 10.2. The molecule has 3 rings (SSSR count). The van der Waals surface area contributed by atoms with Crippen molar-refractivity contribution in [3.8, 4) is 6.01 Å². The molecule has 8 heteroatoms. The number of hydrogen-bond acceptors (Lipinski definition) is 4. The molecule has 0 aliphatic heterocycles. The van der Waals surface area contributed by atoms with Gasteiger partial charge >= 0.3 is 5.69 Å². The molecular weight excluding hydrogens is 339 g/mol. The number of imidazole rings is 1. The molecule has 26 heavy (non-hydrogen) atoms. The Hall–Kier alpha value is -3.16. The standard InChI is InChI=1S/C18H19FN4O3/c1-4-5-10-26-17-20-15-14(16(24)22(3)18(25)21(15)2)23(17)11-12-8-6-7-9-13(12)19/h4-9H,10-11H2,1-3H3. The maximum absolute atomic E-state index is 14.1. The van der Waals surface area contributed by atoms with E-state index in [4.69, 9.17) is 4.74 Å². The number of ether oxygens (including phenoxy) is 1. The number of aromatic nitrogens is 4. The van der Waals surface area contributed by atoms with E-state index in [9.17, 15) is 14.0 Å². The summed E-state index contributed by atoms with van der Waals surface area (Å²) in [7, 11) is 2.92. The Morgan fingerprint density at radius 3 is 2.62 bits per heavy atom. The molecule has 0 saturated heterocycles. The molecule has 7 nitrogen and oxygen atoms in total. The molecule has 0 saturated carbocycles. The van der Waals surface area contributed by atoms with Gasteiger partial charge in [-0.25, -0.2) is 9.18 Å². The molecule has 136 valence electrons. The SMILES string of the molecule is CC=CCOc1nc2c(c(=O)n(C)c(=O)n2C)n1Cc1ccccc1F. The first-order chi connectivity index (χ1) is 12.5. The molecule has 0 amide bonds. The zero-order valence-electron chi connectivity index (χ0n) is 14.8. The number of rotatable bonds is 5. The fourth-order valence-electron chi connectivity index (χ4n) is 2.70. The Balaban J connectivity index is 2.26. The first-order valence-corrected chi connectivity index (χ1v) is 8.09. The minimum absolute atomic E-state index is 0.0573. The minimum atomic E-state index is -0.507. The lowest BCUT2D eigenvalue weighted by molar-refractivity contribution is 0.319. The average molecular weight is 358 g/mol. The van der Waals surface area contributed by atoms with Gasteiger partial charge in [-0.15, -0.1) is 0 Å². The van der Waals surface area contributed by atoms with Gasteiger partial charge in [-0.05, 0) is 13.0 Å². The van der Waals surface area contributed by atoms with E-state index in [1.54, 1.807) is 24.3 Å². The van der Waals surface area contributed by atoms with Crippen LogP contribution in [0.1, 0.15) is 12.5 Å². The maximum atomic E-state index is 14.1. The number of fused-ring (bicyclic) bond motifs is 1. The highest BCUT2D eigenvalue weighted by molar-refractivity contribution is 5.72. The Kier molecular flexibility index (Phi) is 4.75. The number of hydrogen-bond donors (Lipinski definition) is 0. The van der Waals surface area contributed by atoms with Crippen molar-refractivity contribution in [2.24, 2.45) is 14.1 Å². The Labute approximate surface area is 148 Å². The summed E-state index contributed by atoms with van der Waals surface area (Å²) in [5.74, 6) is -0.393. The van der Waals surface area contributed by atoms with Crippen molar-refractivity contribution >= 4 is 11.2 Å². The summed E-state index contributed by atoms with van der Waals surface area (Å²) in [6.07, 6.45) is 3.60. The summed E-state index contributed by atoms with van der Waals surface area (Å²) in [6.45, 7) is 2.15. The molecular formula is C18H19FN4O3. The van der Waals surface area contributed by atoms with Crippen molar-refractivity contribution in [3.63, 3.8) is 0 Å². The molecule has 1 aromatic carbocycles. The van der Waals surface area contributed by atoms with Crippen molar-refractivity contribution < 1.29 is 9.13 Å². The smallest absolute Gasteiger partial charge is 0.332 e. The van der Waals surface area contributed by atoms with E-state index in [0.29, 0.717) is 5.56 Å². The van der Waals surface area contributed by atoms with Crippen LogP contribution < -0.4 is 16.0 Å². The molecule has 0 unspecified atom stereocenters. The minimum Gasteiger partial charge on any atom is -0.460 e. The summed E-state index contributed by atoms with van der Waals surface area (Å²) >= 11 is 0. The Morgan fingerprint density at radius 1 is 1.19 bits per heavy atom. The molecule has 2 aromatic heterocycles. The summed E-state index contributed by atoms with van der Waals surface area (Å²) in [5.41, 5.74) is -0.220. The van der Waals surface area contributed by atoms with Crippen LogP contribution in [0, 0.1) is 5.82 Å². The van der Waals surface area contributed by atoms with Crippen molar-refractivity contribution in [3.05, 3.63) is 68.6 Å². The van der Waals surface area contributed by atoms with Gasteiger partial charge in [-0.3, -0.25) is 18.5 Å². The van der Waals surface area contributed by atoms with Gasteiger partial charge in [0, 0.05) is 19.7 Å². The van der Waals surface area contributed by atoms with E-state index in [1.165, 1.54) is 29.3 Å². The quantitative estimate of drug-likeness (QED) is 0.649. The number of allylic oxidation sites excluding steroid dienone is 1. The second kappa shape index (κ2) is 6.99. The van der Waals surface area contributed by atoms with Gasteiger partial charge < -0.3 is 4.74 Å². The molecule has 0 N–H and O–H groups in total. The number of aryl methyl sites for hydroxylation is 1. The predicted molar refractivity (Wildman–Crippen MR) is 96.0 cm³/mol. The second-order valence-corrected chi connectivity index (χ2v) is 5.83. The van der Waals surface area contributed by atoms with Gasteiger partial charge in [0.05, 0.1) is 6.54 Å². The van der Waals surface area contributed by atoms with Gasteiger partial charge in [0.1, 0.15) is 12.4 Å². The first kappa shape index (κ1) is 17.7. The van der Waals surface area contributed by atoms with Crippen LogP contribution in [-0.4, -0.2) is 25.3 Å². The molecule has 3 aromatic rings. The van der Waals surface area contributed by atoms with Crippen LogP contribution in [0.2, 0.25) is 0 Å². The summed E-state index contributed by atoms with van der Waals surface area (Å²) in [6, 6.07) is 6.44. The van der Waals surface area contributed by atoms with Gasteiger partial charge in [0.25, 0.3) is 11.6 Å². The average Bonchev–Trinajstić information content (AvgIpc) is 2.99. The summed E-state index contributed by atoms with van der Waals surface area (Å²) < 4.78 is 23.5. The number of halogens is 1. The van der Waals surface area contributed by atoms with Gasteiger partial charge in [-0.2, -0.15) is 4.98 Å². The van der Waals surface area contributed by atoms with E-state index < -0.39 is 17.1 Å². The Bertz CT molecular complexity index is 1110. The van der Waals surface area contributed by atoms with Crippen LogP contribution in [0.25, 0.3) is 11.2 Å². The maximum Gasteiger partial charge on any atom is 0.332 e. The van der Waals surface area contributed by atoms with E-state index >= 15 is 0 Å². The molecule has 0 aliphatic carbocycles. The van der Waals surface area contributed by atoms with Crippen LogP contribution in [-0.2, 0) is 20.6 Å². The number of benzene rings is 1. The largest absolute Gasteiger partial charge is 0.460 e. The van der Waals surface area contributed by atoms with Gasteiger partial charge in [0.2, 0.25) is 0 Å². The van der Waals surface area contributed by atoms with Crippen molar-refractivity contribution in [2.75, 3.05) is 6.61 Å². The third-order valence-corrected chi connectivity index (χ3v) is 4.14. The van der Waals surface area contributed by atoms with Gasteiger partial charge in [0.15, 0.2) is 11.2 Å². The molecule has 0 spiro atoms. The number of nitrogens with zero attached hydrogens (tertiary/aromatic N) is 4. The monoisotopic (exact) mass is 358 g/mol. The highest BCUT2D eigenvalue weighted by Crippen LogP contribution is 2.20. The molecule has 0 atom stereocenters. The molecule has 0 fully saturated rings. The summed E-state index contributed by atoms with van der Waals surface area (Å²) in [5, 5.41) is 0. The normalized spacial score (nSPS) is 11.5. The summed E-state index contributed by atoms with van der Waals surface area (Å²) in [4.78, 5) is 29.1. The van der Waals surface area contributed by atoms with Crippen molar-refractivity contribution in [2.45, 2.75) is 13.5 Å². The van der Waals surface area contributed by atoms with E-state index in [2.05, 4.69) is 4.98 Å². The topological polar surface area (TPSA) is 71.1 Å². The molecule has 0 aliphatic rings. The second-order valence-electron chi connectivity index (χ2n) is 5.83. The third kappa shape index (κ3) is 2.94. The van der Waals surface area contributed by atoms with Crippen LogP contribution in [0.15, 0.2) is 46.0 Å². The Morgan fingerprint density at radius 2 is 1.92 bits per heavy atom.